The molecule has 98 valence electrons. The maximum Gasteiger partial charge on any atom is 0.407 e. The molecule has 0 fully saturated rings. The Hall–Kier alpha value is -1.17. The second-order valence-electron chi connectivity index (χ2n) is 4.32. The summed E-state index contributed by atoms with van der Waals surface area (Å²) in [5.41, 5.74) is 5.17. The van der Waals surface area contributed by atoms with Crippen molar-refractivity contribution >= 4 is 22.0 Å². The number of allylic oxidation sites excluding steroid dienone is 2. The molecule has 0 saturated carbocycles. The van der Waals surface area contributed by atoms with Crippen molar-refractivity contribution < 1.29 is 9.53 Å². The molecule has 0 aliphatic carbocycles. The van der Waals surface area contributed by atoms with E-state index in [0.29, 0.717) is 23.4 Å². The molecular weight excluding hydrogens is 286 g/mol. The van der Waals surface area contributed by atoms with Gasteiger partial charge in [-0.15, -0.1) is 0 Å². The molecule has 17 heavy (non-hydrogen) atoms. The molecule has 0 heterocycles. The third-order valence-corrected chi connectivity index (χ3v) is 2.30. The fraction of sp³-hybridized carbons (Fsp3) is 0.545. The average molecular weight is 306 g/mol. The quantitative estimate of drug-likeness (QED) is 0.535. The van der Waals surface area contributed by atoms with Crippen LogP contribution in [0.25, 0.3) is 0 Å². The number of rotatable bonds is 5. The number of nitrogens with two attached hydrogens (primary N) is 1. The monoisotopic (exact) mass is 305 g/mol. The number of nitrogens with one attached hydrogen (secondary N) is 2. The molecule has 0 aromatic heterocycles. The van der Waals surface area contributed by atoms with Crippen molar-refractivity contribution in [1.29, 1.82) is 0 Å². The summed E-state index contributed by atoms with van der Waals surface area (Å²) >= 11 is 3.23. The zero-order valence-electron chi connectivity index (χ0n) is 10.5. The Morgan fingerprint density at radius 2 is 1.94 bits per heavy atom. The second kappa shape index (κ2) is 7.21. The van der Waals surface area contributed by atoms with Crippen LogP contribution in [0.2, 0.25) is 0 Å². The first kappa shape index (κ1) is 15.8. The van der Waals surface area contributed by atoms with Gasteiger partial charge < -0.3 is 21.1 Å². The van der Waals surface area contributed by atoms with E-state index in [1.165, 1.54) is 0 Å². The van der Waals surface area contributed by atoms with Crippen LogP contribution in [-0.2, 0) is 4.74 Å². The van der Waals surface area contributed by atoms with Gasteiger partial charge in [0.2, 0.25) is 0 Å². The molecule has 0 atom stereocenters. The molecule has 4 N–H and O–H groups in total. The number of amides is 1. The lowest BCUT2D eigenvalue weighted by Crippen LogP contribution is -2.37. The topological polar surface area (TPSA) is 76.4 Å². The molecule has 0 saturated heterocycles. The lowest BCUT2D eigenvalue weighted by molar-refractivity contribution is 0.0528. The molecule has 0 unspecified atom stereocenters. The normalized spacial score (nSPS) is 12.5. The summed E-state index contributed by atoms with van der Waals surface area (Å²) in [5, 5.41) is 5.53. The van der Waals surface area contributed by atoms with Gasteiger partial charge in [-0.2, -0.15) is 0 Å². The number of ether oxygens (including phenoxy) is 1. The van der Waals surface area contributed by atoms with Gasteiger partial charge in [-0.1, -0.05) is 12.7 Å². The molecular formula is C11H20BrN3O2. The summed E-state index contributed by atoms with van der Waals surface area (Å²) in [4.78, 5) is 11.3. The molecule has 0 radical (unpaired) electrons. The predicted molar refractivity (Wildman–Crippen MR) is 72.6 cm³/mol. The maximum absolute atomic E-state index is 11.3. The van der Waals surface area contributed by atoms with Gasteiger partial charge in [0, 0.05) is 13.1 Å². The summed E-state index contributed by atoms with van der Waals surface area (Å²) in [6.45, 7) is 9.93. The zero-order valence-corrected chi connectivity index (χ0v) is 12.1. The first-order valence-corrected chi connectivity index (χ1v) is 6.04. The molecule has 1 amide bonds. The Bertz CT molecular complexity index is 308. The molecule has 0 aliphatic heterocycles. The van der Waals surface area contributed by atoms with E-state index in [1.54, 1.807) is 6.08 Å². The molecule has 0 aromatic carbocycles. The van der Waals surface area contributed by atoms with Crippen LogP contribution in [0.4, 0.5) is 4.79 Å². The molecule has 0 aromatic rings. The summed E-state index contributed by atoms with van der Waals surface area (Å²) in [7, 11) is 0. The van der Waals surface area contributed by atoms with E-state index in [1.807, 2.05) is 20.8 Å². The first-order chi connectivity index (χ1) is 7.76. The van der Waals surface area contributed by atoms with Crippen molar-refractivity contribution in [3.05, 3.63) is 23.0 Å². The van der Waals surface area contributed by atoms with Crippen LogP contribution in [0.1, 0.15) is 20.8 Å². The SMILES string of the molecule is C=C/C(Br)=C(\N)NCCNC(=O)OC(C)(C)C. The van der Waals surface area contributed by atoms with E-state index in [-0.39, 0.29) is 0 Å². The molecule has 5 nitrogen and oxygen atoms in total. The Morgan fingerprint density at radius 3 is 2.41 bits per heavy atom. The summed E-state index contributed by atoms with van der Waals surface area (Å²) in [6, 6.07) is 0. The standard InChI is InChI=1S/C11H20BrN3O2/c1-5-8(12)9(13)14-6-7-15-10(16)17-11(2,3)4/h5,14H,1,6-7,13H2,2-4H3,(H,15,16)/b9-8-. The Balaban J connectivity index is 3.80. The smallest absolute Gasteiger partial charge is 0.407 e. The van der Waals surface area contributed by atoms with E-state index in [2.05, 4.69) is 33.1 Å². The zero-order chi connectivity index (χ0) is 13.5. The fourth-order valence-electron chi connectivity index (χ4n) is 0.870. The van der Waals surface area contributed by atoms with E-state index in [0.717, 1.165) is 0 Å². The average Bonchev–Trinajstić information content (AvgIpc) is 2.20. The minimum absolute atomic E-state index is 0.424. The highest BCUT2D eigenvalue weighted by Gasteiger charge is 2.15. The highest BCUT2D eigenvalue weighted by atomic mass is 79.9. The third-order valence-electron chi connectivity index (χ3n) is 1.55. The van der Waals surface area contributed by atoms with Gasteiger partial charge >= 0.3 is 6.09 Å². The van der Waals surface area contributed by atoms with E-state index < -0.39 is 11.7 Å². The third kappa shape index (κ3) is 8.62. The number of carbonyl (C=O) groups excluding carboxylic acids is 1. The highest BCUT2D eigenvalue weighted by Crippen LogP contribution is 2.07. The minimum atomic E-state index is -0.484. The fourth-order valence-corrected chi connectivity index (χ4v) is 1.01. The van der Waals surface area contributed by atoms with Crippen LogP contribution in [0.15, 0.2) is 23.0 Å². The second-order valence-corrected chi connectivity index (χ2v) is 5.18. The van der Waals surface area contributed by atoms with Gasteiger partial charge in [0.15, 0.2) is 0 Å². The number of hydrogen-bond donors (Lipinski definition) is 3. The molecule has 0 rings (SSSR count). The lowest BCUT2D eigenvalue weighted by Gasteiger charge is -2.19. The van der Waals surface area contributed by atoms with Crippen molar-refractivity contribution in [3.8, 4) is 0 Å². The van der Waals surface area contributed by atoms with Gasteiger partial charge in [-0.3, -0.25) is 0 Å². The first-order valence-electron chi connectivity index (χ1n) is 5.24. The highest BCUT2D eigenvalue weighted by molar-refractivity contribution is 9.11. The number of carbonyl (C=O) groups is 1. The van der Waals surface area contributed by atoms with Crippen molar-refractivity contribution in [2.24, 2.45) is 5.73 Å². The predicted octanol–water partition coefficient (Wildman–Crippen LogP) is 1.81. The number of alkyl carbamates (subject to hydrolysis) is 1. The maximum atomic E-state index is 11.3. The van der Waals surface area contributed by atoms with Crippen LogP contribution in [0, 0.1) is 0 Å². The molecule has 0 spiro atoms. The summed E-state index contributed by atoms with van der Waals surface area (Å²) in [5.74, 6) is 0.478. The Labute approximate surface area is 111 Å². The van der Waals surface area contributed by atoms with Crippen molar-refractivity contribution in [2.75, 3.05) is 13.1 Å². The minimum Gasteiger partial charge on any atom is -0.444 e. The van der Waals surface area contributed by atoms with Gasteiger partial charge in [0.05, 0.1) is 4.48 Å². The van der Waals surface area contributed by atoms with Gasteiger partial charge in [-0.25, -0.2) is 4.79 Å². The van der Waals surface area contributed by atoms with E-state index in [9.17, 15) is 4.79 Å². The van der Waals surface area contributed by atoms with E-state index in [4.69, 9.17) is 10.5 Å². The molecule has 6 heteroatoms. The van der Waals surface area contributed by atoms with Gasteiger partial charge in [0.1, 0.15) is 11.4 Å². The van der Waals surface area contributed by atoms with Crippen LogP contribution in [0.5, 0.6) is 0 Å². The number of hydrogen-bond acceptors (Lipinski definition) is 4. The van der Waals surface area contributed by atoms with Crippen LogP contribution in [-0.4, -0.2) is 24.8 Å². The molecule has 0 aliphatic rings. The van der Waals surface area contributed by atoms with Crippen molar-refractivity contribution in [2.45, 2.75) is 26.4 Å². The number of halogens is 1. The Kier molecular flexibility index (Phi) is 6.72. The van der Waals surface area contributed by atoms with Crippen LogP contribution < -0.4 is 16.4 Å². The van der Waals surface area contributed by atoms with Crippen LogP contribution >= 0.6 is 15.9 Å². The van der Waals surface area contributed by atoms with Crippen molar-refractivity contribution in [1.82, 2.24) is 10.6 Å². The molecule has 0 bridgehead atoms. The Morgan fingerprint density at radius 1 is 1.41 bits per heavy atom. The summed E-state index contributed by atoms with van der Waals surface area (Å²) in [6.07, 6.45) is 1.15. The van der Waals surface area contributed by atoms with Crippen LogP contribution in [0.3, 0.4) is 0 Å². The van der Waals surface area contributed by atoms with Gasteiger partial charge in [0.25, 0.3) is 0 Å². The van der Waals surface area contributed by atoms with Gasteiger partial charge in [-0.05, 0) is 36.7 Å². The summed E-state index contributed by atoms with van der Waals surface area (Å²) < 4.78 is 5.76. The van der Waals surface area contributed by atoms with Crippen molar-refractivity contribution in [3.63, 3.8) is 0 Å². The lowest BCUT2D eigenvalue weighted by atomic mass is 10.2. The van der Waals surface area contributed by atoms with E-state index >= 15 is 0 Å². The largest absolute Gasteiger partial charge is 0.444 e.